The van der Waals surface area contributed by atoms with Gasteiger partial charge in [0.25, 0.3) is 0 Å². The van der Waals surface area contributed by atoms with Crippen LogP contribution in [0, 0.1) is 27.1 Å². The molecule has 0 heterocycles. The average molecular weight is 449 g/mol. The fourth-order valence-electron chi connectivity index (χ4n) is 1.09. The van der Waals surface area contributed by atoms with Gasteiger partial charge in [-0.25, -0.2) is 8.42 Å². The zero-order valence-corrected chi connectivity index (χ0v) is 15.1. The normalized spacial score (nSPS) is 19.3. The van der Waals surface area contributed by atoms with Gasteiger partial charge in [-0.15, -0.1) is 0 Å². The Morgan fingerprint density at radius 2 is 1.86 bits per heavy atom. The molecule has 1 unspecified atom stereocenters. The van der Waals surface area contributed by atoms with Crippen LogP contribution in [0.25, 0.3) is 0 Å². The van der Waals surface area contributed by atoms with Crippen LogP contribution >= 0.6 is 22.6 Å². The van der Waals surface area contributed by atoms with Crippen LogP contribution in [-0.4, -0.2) is 18.5 Å². The molecule has 22 heavy (non-hydrogen) atoms. The molecule has 0 aromatic rings. The number of hydrogen-bond donors (Lipinski definition) is 0. The lowest BCUT2D eigenvalue weighted by Crippen LogP contribution is -2.21. The smallest absolute Gasteiger partial charge is 0.485 e. The molecular formula is C14H16F3IO3S. The van der Waals surface area contributed by atoms with Crippen molar-refractivity contribution in [2.75, 3.05) is 0 Å². The van der Waals surface area contributed by atoms with Gasteiger partial charge in [-0.05, 0) is 26.8 Å². The minimum absolute atomic E-state index is 0.0729. The summed E-state index contributed by atoms with van der Waals surface area (Å²) in [6.07, 6.45) is 6.73. The highest BCUT2D eigenvalue weighted by Crippen LogP contribution is 2.30. The standard InChI is InChI=1S/C13H16I.CHF3O3S/c1-13(2,3)10-6-8-11-7-4-5-9-12(11)14;2-1(3,4)8(5,6)7/h4-5,7,9,11H,8H2,1-3H3;(H,5,6,7)/q+1;/p-1/i9D;. The maximum absolute atomic E-state index is 10.7. The molecule has 0 aromatic heterocycles. The van der Waals surface area contributed by atoms with Crippen LogP contribution in [0.15, 0.2) is 24.3 Å². The summed E-state index contributed by atoms with van der Waals surface area (Å²) in [5, 5.41) is 0. The van der Waals surface area contributed by atoms with E-state index in [2.05, 4.69) is 61.3 Å². The first kappa shape index (κ1) is 19.4. The first-order valence-electron chi connectivity index (χ1n) is 6.55. The SMILES string of the molecule is O=S(=O)([O-])C(F)(F)F.[2H]C1=CC=CC(CC#CC(C)(C)C)[C+]1I. The monoisotopic (exact) mass is 449 g/mol. The molecule has 1 atom stereocenters. The summed E-state index contributed by atoms with van der Waals surface area (Å²) >= 11 is 2.25. The van der Waals surface area contributed by atoms with Gasteiger partial charge in [-0.1, -0.05) is 11.8 Å². The van der Waals surface area contributed by atoms with Crippen molar-refractivity contribution in [3.05, 3.63) is 28.2 Å². The average Bonchev–Trinajstić information content (AvgIpc) is 2.31. The number of rotatable bonds is 1. The predicted molar refractivity (Wildman–Crippen MR) is 86.6 cm³/mol. The van der Waals surface area contributed by atoms with Crippen molar-refractivity contribution in [1.82, 2.24) is 0 Å². The molecule has 1 aliphatic rings. The van der Waals surface area contributed by atoms with Crippen LogP contribution in [0.1, 0.15) is 28.6 Å². The van der Waals surface area contributed by atoms with E-state index >= 15 is 0 Å². The zero-order valence-electron chi connectivity index (χ0n) is 13.2. The Morgan fingerprint density at radius 3 is 2.27 bits per heavy atom. The van der Waals surface area contributed by atoms with Gasteiger partial charge in [0.05, 0.1) is 34.6 Å². The minimum Gasteiger partial charge on any atom is -0.741 e. The van der Waals surface area contributed by atoms with Gasteiger partial charge in [-0.3, -0.25) is 0 Å². The van der Waals surface area contributed by atoms with E-state index in [0.717, 1.165) is 10.3 Å². The maximum atomic E-state index is 10.7. The van der Waals surface area contributed by atoms with Crippen molar-refractivity contribution in [3.8, 4) is 11.8 Å². The van der Waals surface area contributed by atoms with E-state index in [0.29, 0.717) is 12.0 Å². The highest BCUT2D eigenvalue weighted by molar-refractivity contribution is 14.1. The Hall–Kier alpha value is -0.660. The lowest BCUT2D eigenvalue weighted by molar-refractivity contribution is -0.0517. The fourth-order valence-corrected chi connectivity index (χ4v) is 1.70. The Bertz CT molecular complexity index is 622. The van der Waals surface area contributed by atoms with Gasteiger partial charge in [0.2, 0.25) is 0 Å². The van der Waals surface area contributed by atoms with Gasteiger partial charge in [0.15, 0.2) is 10.1 Å². The highest BCUT2D eigenvalue weighted by atomic mass is 127. The third-order valence-electron chi connectivity index (χ3n) is 2.06. The zero-order chi connectivity index (χ0) is 18.5. The third-order valence-corrected chi connectivity index (χ3v) is 3.73. The van der Waals surface area contributed by atoms with E-state index in [9.17, 15) is 13.2 Å². The molecule has 0 aliphatic heterocycles. The van der Waals surface area contributed by atoms with Crippen molar-refractivity contribution in [2.24, 2.45) is 11.3 Å². The second kappa shape index (κ2) is 8.26. The molecule has 0 aromatic carbocycles. The molecule has 0 bridgehead atoms. The molecule has 3 nitrogen and oxygen atoms in total. The lowest BCUT2D eigenvalue weighted by atomic mass is 9.94. The van der Waals surface area contributed by atoms with Gasteiger partial charge in [0.1, 0.15) is 11.3 Å². The summed E-state index contributed by atoms with van der Waals surface area (Å²) in [5.74, 6) is 6.75. The van der Waals surface area contributed by atoms with Crippen LogP contribution in [-0.2, 0) is 10.1 Å². The second-order valence-corrected chi connectivity index (χ2v) is 7.84. The summed E-state index contributed by atoms with van der Waals surface area (Å²) in [6, 6.07) is 0.626. The van der Waals surface area contributed by atoms with Gasteiger partial charge >= 0.3 is 5.51 Å². The molecule has 0 saturated carbocycles. The summed E-state index contributed by atoms with van der Waals surface area (Å²) in [5.41, 5.74) is -5.57. The van der Waals surface area contributed by atoms with E-state index in [1.807, 2.05) is 12.2 Å². The van der Waals surface area contributed by atoms with Crippen molar-refractivity contribution in [3.63, 3.8) is 0 Å². The van der Waals surface area contributed by atoms with Crippen LogP contribution < -0.4 is 0 Å². The minimum atomic E-state index is -6.09. The molecule has 0 spiro atoms. The molecule has 1 rings (SSSR count). The maximum Gasteiger partial charge on any atom is 0.485 e. The number of allylic oxidation sites excluding steroid dienone is 4. The first-order valence-corrected chi connectivity index (χ1v) is 8.54. The molecular weight excluding hydrogens is 432 g/mol. The summed E-state index contributed by atoms with van der Waals surface area (Å²) in [6.45, 7) is 6.34. The number of alkyl halides is 3. The number of hydrogen-bond acceptors (Lipinski definition) is 3. The van der Waals surface area contributed by atoms with Crippen molar-refractivity contribution in [1.29, 1.82) is 0 Å². The van der Waals surface area contributed by atoms with E-state index < -0.39 is 15.6 Å². The Kier molecular flexibility index (Phi) is 7.28. The fraction of sp³-hybridized carbons (Fsp3) is 0.500. The first-order chi connectivity index (χ1) is 10.1. The molecule has 1 aliphatic carbocycles. The third kappa shape index (κ3) is 9.38. The van der Waals surface area contributed by atoms with E-state index in [1.165, 1.54) is 0 Å². The summed E-state index contributed by atoms with van der Waals surface area (Å²) < 4.78 is 67.7. The molecule has 0 fully saturated rings. The van der Waals surface area contributed by atoms with Crippen molar-refractivity contribution < 1.29 is 27.5 Å². The highest BCUT2D eigenvalue weighted by Gasteiger charge is 2.36. The Labute approximate surface area is 144 Å². The molecule has 124 valence electrons. The summed E-state index contributed by atoms with van der Waals surface area (Å²) in [4.78, 5) is 0. The molecule has 0 saturated heterocycles. The van der Waals surface area contributed by atoms with Gasteiger partial charge < -0.3 is 4.55 Å². The van der Waals surface area contributed by atoms with Gasteiger partial charge in [0, 0.05) is 17.9 Å². The van der Waals surface area contributed by atoms with E-state index in [1.54, 1.807) is 0 Å². The van der Waals surface area contributed by atoms with Crippen molar-refractivity contribution in [2.45, 2.75) is 32.7 Å². The molecule has 0 amide bonds. The molecule has 0 N–H and O–H groups in total. The topological polar surface area (TPSA) is 57.2 Å². The van der Waals surface area contributed by atoms with Gasteiger partial charge in [-0.2, -0.15) is 13.2 Å². The lowest BCUT2D eigenvalue weighted by Gasteiger charge is -2.10. The van der Waals surface area contributed by atoms with E-state index in [4.69, 9.17) is 14.3 Å². The molecule has 8 heteroatoms. The second-order valence-electron chi connectivity index (χ2n) is 5.31. The predicted octanol–water partition coefficient (Wildman–Crippen LogP) is 4.19. The van der Waals surface area contributed by atoms with Crippen LogP contribution in [0.3, 0.4) is 0 Å². The van der Waals surface area contributed by atoms with Crippen LogP contribution in [0.4, 0.5) is 13.2 Å². The van der Waals surface area contributed by atoms with Crippen LogP contribution in [0.2, 0.25) is 0 Å². The van der Waals surface area contributed by atoms with Crippen molar-refractivity contribution >= 4 is 32.7 Å². The quantitative estimate of drug-likeness (QED) is 0.198. The Balaban J connectivity index is 0.000000515. The Morgan fingerprint density at radius 1 is 1.36 bits per heavy atom. The largest absolute Gasteiger partial charge is 0.741 e. The van der Waals surface area contributed by atoms with E-state index in [-0.39, 0.29) is 5.41 Å². The number of halogens is 4. The molecule has 0 radical (unpaired) electrons. The summed E-state index contributed by atoms with van der Waals surface area (Å²) in [7, 11) is -6.09. The van der Waals surface area contributed by atoms with Crippen LogP contribution in [0.5, 0.6) is 0 Å².